The van der Waals surface area contributed by atoms with Crippen LogP contribution in [0.3, 0.4) is 0 Å². The van der Waals surface area contributed by atoms with Crippen LogP contribution in [-0.2, 0) is 22.9 Å². The summed E-state index contributed by atoms with van der Waals surface area (Å²) < 4.78 is 42.0. The van der Waals surface area contributed by atoms with E-state index < -0.39 is 31.8 Å². The number of nitrogens with two attached hydrogens (primary N) is 2. The van der Waals surface area contributed by atoms with Gasteiger partial charge in [-0.15, -0.1) is 0 Å². The Hall–Kier alpha value is -1.82. The van der Waals surface area contributed by atoms with Gasteiger partial charge in [0.25, 0.3) is 0 Å². The first-order valence-electron chi connectivity index (χ1n) is 8.74. The number of ether oxygens (including phenoxy) is 2. The van der Waals surface area contributed by atoms with Crippen molar-refractivity contribution in [3.8, 4) is 5.88 Å². The molecule has 154 valence electrons. The molecule has 2 aliphatic heterocycles. The standard InChI is InChI=1S/C15H23N6O6P/c1-7(2)26-28(22)24-5-8-10(27-28)15(3,17)13(25-8)21-6-18-9-11(21)19-14(16)20-12(9)23-4/h6-8,10,13H,5,17H2,1-4H3,(H2,16,19,20). The highest BCUT2D eigenvalue weighted by Crippen LogP contribution is 2.59. The van der Waals surface area contributed by atoms with Crippen molar-refractivity contribution >= 4 is 24.9 Å². The lowest BCUT2D eigenvalue weighted by Crippen LogP contribution is -2.54. The topological polar surface area (TPSA) is 159 Å². The maximum atomic E-state index is 12.8. The molecule has 13 heteroatoms. The molecule has 12 nitrogen and oxygen atoms in total. The van der Waals surface area contributed by atoms with E-state index in [1.54, 1.807) is 25.3 Å². The summed E-state index contributed by atoms with van der Waals surface area (Å²) in [7, 11) is -2.28. The molecule has 4 N–H and O–H groups in total. The first kappa shape index (κ1) is 19.5. The minimum Gasteiger partial charge on any atom is -0.479 e. The zero-order valence-electron chi connectivity index (χ0n) is 15.9. The number of nitrogens with zero attached hydrogens (tertiary/aromatic N) is 4. The number of phosphoric ester groups is 1. The number of hydrogen-bond donors (Lipinski definition) is 2. The molecule has 2 fully saturated rings. The second-order valence-corrected chi connectivity index (χ2v) is 8.81. The fraction of sp³-hybridized carbons (Fsp3) is 0.667. The van der Waals surface area contributed by atoms with Crippen LogP contribution in [0.15, 0.2) is 6.33 Å². The Bertz CT molecular complexity index is 948. The number of phosphoric acid groups is 1. The lowest BCUT2D eigenvalue weighted by atomic mass is 9.93. The Balaban J connectivity index is 1.71. The first-order chi connectivity index (χ1) is 13.1. The molecule has 28 heavy (non-hydrogen) atoms. The highest BCUT2D eigenvalue weighted by Gasteiger charge is 2.59. The average molecular weight is 414 g/mol. The fourth-order valence-electron chi connectivity index (χ4n) is 3.47. The van der Waals surface area contributed by atoms with Crippen LogP contribution in [-0.4, -0.2) is 57.1 Å². The maximum Gasteiger partial charge on any atom is 0.475 e. The third-order valence-electron chi connectivity index (χ3n) is 4.62. The Morgan fingerprint density at radius 2 is 2.18 bits per heavy atom. The Morgan fingerprint density at radius 3 is 2.86 bits per heavy atom. The second-order valence-electron chi connectivity index (χ2n) is 7.23. The molecule has 0 spiro atoms. The number of anilines is 1. The van der Waals surface area contributed by atoms with Gasteiger partial charge in [-0.3, -0.25) is 18.1 Å². The predicted octanol–water partition coefficient (Wildman–Crippen LogP) is 0.980. The maximum absolute atomic E-state index is 12.8. The van der Waals surface area contributed by atoms with E-state index in [9.17, 15) is 4.57 Å². The molecule has 2 aliphatic rings. The van der Waals surface area contributed by atoms with Gasteiger partial charge in [-0.1, -0.05) is 0 Å². The molecular formula is C15H23N6O6P. The van der Waals surface area contributed by atoms with Crippen molar-refractivity contribution < 1.29 is 27.6 Å². The van der Waals surface area contributed by atoms with Crippen LogP contribution in [0.1, 0.15) is 27.0 Å². The summed E-state index contributed by atoms with van der Waals surface area (Å²) in [5.74, 6) is 0.263. The molecular weight excluding hydrogens is 391 g/mol. The fourth-order valence-corrected chi connectivity index (χ4v) is 5.12. The van der Waals surface area contributed by atoms with Crippen molar-refractivity contribution in [1.29, 1.82) is 0 Å². The van der Waals surface area contributed by atoms with Gasteiger partial charge in [0.05, 0.1) is 31.7 Å². The van der Waals surface area contributed by atoms with Gasteiger partial charge in [-0.05, 0) is 20.8 Å². The number of methoxy groups -OCH3 is 1. The predicted molar refractivity (Wildman–Crippen MR) is 97.4 cm³/mol. The molecule has 2 saturated heterocycles. The number of imidazole rings is 1. The average Bonchev–Trinajstić information content (AvgIpc) is 3.12. The molecule has 0 saturated carbocycles. The van der Waals surface area contributed by atoms with Crippen LogP contribution in [0.2, 0.25) is 0 Å². The lowest BCUT2D eigenvalue weighted by molar-refractivity contribution is -0.0733. The Labute approximate surface area is 161 Å². The SMILES string of the molecule is COc1nc(N)nc2c1ncn2C1OC2COP(=O)(OC(C)C)OC2C1(C)N. The third kappa shape index (κ3) is 3.06. The van der Waals surface area contributed by atoms with Crippen molar-refractivity contribution in [3.05, 3.63) is 6.33 Å². The summed E-state index contributed by atoms with van der Waals surface area (Å²) in [5.41, 5.74) is 12.1. The molecule has 0 amide bonds. The van der Waals surface area contributed by atoms with Crippen LogP contribution in [0.4, 0.5) is 5.95 Å². The summed E-state index contributed by atoms with van der Waals surface area (Å²) in [6.07, 6.45) is -0.833. The van der Waals surface area contributed by atoms with Gasteiger partial charge in [0.15, 0.2) is 17.4 Å². The summed E-state index contributed by atoms with van der Waals surface area (Å²) in [5, 5.41) is 0. The molecule has 0 aliphatic carbocycles. The zero-order chi connectivity index (χ0) is 20.3. The number of rotatable bonds is 4. The van der Waals surface area contributed by atoms with E-state index in [2.05, 4.69) is 15.0 Å². The van der Waals surface area contributed by atoms with Crippen molar-refractivity contribution in [2.24, 2.45) is 5.73 Å². The first-order valence-corrected chi connectivity index (χ1v) is 10.2. The van der Waals surface area contributed by atoms with Crippen molar-refractivity contribution in [2.75, 3.05) is 19.5 Å². The molecule has 0 bridgehead atoms. The van der Waals surface area contributed by atoms with E-state index in [0.717, 1.165) is 0 Å². The van der Waals surface area contributed by atoms with Gasteiger partial charge >= 0.3 is 7.82 Å². The Morgan fingerprint density at radius 1 is 1.43 bits per heavy atom. The van der Waals surface area contributed by atoms with Gasteiger partial charge in [-0.25, -0.2) is 9.55 Å². The zero-order valence-corrected chi connectivity index (χ0v) is 16.8. The van der Waals surface area contributed by atoms with Crippen molar-refractivity contribution in [2.45, 2.75) is 50.8 Å². The van der Waals surface area contributed by atoms with E-state index in [1.165, 1.54) is 13.4 Å². The molecule has 4 rings (SSSR count). The van der Waals surface area contributed by atoms with Crippen molar-refractivity contribution in [1.82, 2.24) is 19.5 Å². The third-order valence-corrected chi connectivity index (χ3v) is 6.25. The molecule has 2 aromatic rings. The molecule has 0 aromatic carbocycles. The van der Waals surface area contributed by atoms with Gasteiger partial charge < -0.3 is 20.9 Å². The number of fused-ring (bicyclic) bond motifs is 2. The van der Waals surface area contributed by atoms with Crippen LogP contribution < -0.4 is 16.2 Å². The Kier molecular flexibility index (Phi) is 4.60. The summed E-state index contributed by atoms with van der Waals surface area (Å²) >= 11 is 0. The smallest absolute Gasteiger partial charge is 0.475 e. The van der Waals surface area contributed by atoms with Gasteiger partial charge in [0.2, 0.25) is 11.8 Å². The van der Waals surface area contributed by atoms with Gasteiger partial charge in [0, 0.05) is 0 Å². The van der Waals surface area contributed by atoms with E-state index in [1.807, 2.05) is 0 Å². The second kappa shape index (κ2) is 6.61. The molecule has 0 radical (unpaired) electrons. The quantitative estimate of drug-likeness (QED) is 0.687. The van der Waals surface area contributed by atoms with Crippen molar-refractivity contribution in [3.63, 3.8) is 0 Å². The highest BCUT2D eigenvalue weighted by molar-refractivity contribution is 7.48. The monoisotopic (exact) mass is 414 g/mol. The molecule has 2 aromatic heterocycles. The van der Waals surface area contributed by atoms with Crippen LogP contribution in [0.25, 0.3) is 11.2 Å². The van der Waals surface area contributed by atoms with Crippen LogP contribution >= 0.6 is 7.82 Å². The van der Waals surface area contributed by atoms with E-state index >= 15 is 0 Å². The normalized spacial score (nSPS) is 35.4. The lowest BCUT2D eigenvalue weighted by Gasteiger charge is -2.36. The van der Waals surface area contributed by atoms with Gasteiger partial charge in [0.1, 0.15) is 12.2 Å². The number of hydrogen-bond acceptors (Lipinski definition) is 11. The largest absolute Gasteiger partial charge is 0.479 e. The van der Waals surface area contributed by atoms with E-state index in [-0.39, 0.29) is 24.5 Å². The minimum atomic E-state index is -3.74. The van der Waals surface area contributed by atoms with Crippen LogP contribution in [0, 0.1) is 0 Å². The summed E-state index contributed by atoms with van der Waals surface area (Å²) in [4.78, 5) is 12.5. The minimum absolute atomic E-state index is 0.0189. The van der Waals surface area contributed by atoms with Crippen LogP contribution in [0.5, 0.6) is 5.88 Å². The summed E-state index contributed by atoms with van der Waals surface area (Å²) in [6, 6.07) is 0. The molecule has 5 unspecified atom stereocenters. The molecule has 5 atom stereocenters. The summed E-state index contributed by atoms with van der Waals surface area (Å²) in [6.45, 7) is 5.23. The molecule has 4 heterocycles. The number of aromatic nitrogens is 4. The van der Waals surface area contributed by atoms with E-state index in [0.29, 0.717) is 11.2 Å². The number of nitrogen functional groups attached to an aromatic ring is 1. The van der Waals surface area contributed by atoms with Gasteiger partial charge in [-0.2, -0.15) is 9.97 Å². The van der Waals surface area contributed by atoms with E-state index in [4.69, 9.17) is 34.5 Å². The highest BCUT2D eigenvalue weighted by atomic mass is 31.2.